The maximum Gasteiger partial charge on any atom is 2.00 e. The average molecular weight is 398 g/mol. The van der Waals surface area contributed by atoms with Crippen LogP contribution in [0.25, 0.3) is 0 Å². The topological polar surface area (TPSA) is 242 Å². The summed E-state index contributed by atoms with van der Waals surface area (Å²) in [5.74, 6) is -3.75. The van der Waals surface area contributed by atoms with Crippen molar-refractivity contribution in [3.63, 3.8) is 0 Å². The third-order valence-corrected chi connectivity index (χ3v) is 2.85. The van der Waals surface area contributed by atoms with Crippen molar-refractivity contribution in [2.75, 3.05) is 26.4 Å². The number of carbonyl (C=O) groups excluding carboxylic acids is 2. The molecule has 25 heavy (non-hydrogen) atoms. The molecule has 13 heteroatoms. The predicted molar refractivity (Wildman–Crippen MR) is 75.3 cm³/mol. The molecule has 0 aromatic rings. The van der Waals surface area contributed by atoms with Gasteiger partial charge in [0.15, 0.2) is 0 Å². The third-order valence-electron chi connectivity index (χ3n) is 2.85. The van der Waals surface area contributed by atoms with Crippen molar-refractivity contribution >= 4 is 49.7 Å². The average Bonchev–Trinajstić information content (AvgIpc) is 2.54. The van der Waals surface area contributed by atoms with Gasteiger partial charge in [-0.1, -0.05) is 0 Å². The normalized spacial score (nSPS) is 17.6. The summed E-state index contributed by atoms with van der Waals surface area (Å²) >= 11 is 0. The number of rotatable bonds is 10. The van der Waals surface area contributed by atoms with Gasteiger partial charge in [-0.05, 0) is 0 Å². The van der Waals surface area contributed by atoms with E-state index in [-0.39, 0.29) is 37.7 Å². The zero-order valence-corrected chi connectivity index (χ0v) is 15.5. The van der Waals surface area contributed by atoms with Crippen LogP contribution >= 0.6 is 0 Å². The van der Waals surface area contributed by atoms with Crippen LogP contribution in [0.15, 0.2) is 0 Å². The Hall–Kier alpha value is -0.120. The van der Waals surface area contributed by atoms with E-state index in [4.69, 9.17) is 40.9 Å². The smallest absolute Gasteiger partial charge is 0.547 e. The van der Waals surface area contributed by atoms with Crippen LogP contribution in [0.4, 0.5) is 0 Å². The Bertz CT molecular complexity index is 358. The Morgan fingerprint density at radius 1 is 0.760 bits per heavy atom. The molecule has 8 N–H and O–H groups in total. The second-order valence-corrected chi connectivity index (χ2v) is 5.04. The minimum atomic E-state index is -2.48. The second kappa shape index (κ2) is 14.0. The van der Waals surface area contributed by atoms with Crippen LogP contribution in [-0.4, -0.2) is 140 Å². The Morgan fingerprint density at radius 2 is 1.00 bits per heavy atom. The molecule has 0 radical (unpaired) electrons. The van der Waals surface area contributed by atoms with E-state index < -0.39 is 74.6 Å². The molecule has 12 nitrogen and oxygen atoms in total. The number of carboxylic acid groups (broad SMARTS) is 2. The summed E-state index contributed by atoms with van der Waals surface area (Å²) in [5, 5.41) is 89.4. The van der Waals surface area contributed by atoms with E-state index >= 15 is 0 Å². The molecule has 0 aliphatic heterocycles. The molecule has 0 aromatic carbocycles. The molecule has 0 amide bonds. The number of carboxylic acids is 2. The van der Waals surface area contributed by atoms with Gasteiger partial charge in [0, 0.05) is 12.8 Å². The molecule has 0 unspecified atom stereocenters. The molecule has 4 atom stereocenters. The maximum atomic E-state index is 10.2. The minimum absolute atomic E-state index is 0. The molecule has 0 rings (SSSR count). The van der Waals surface area contributed by atoms with Gasteiger partial charge in [0.2, 0.25) is 0 Å². The molecule has 0 saturated heterocycles. The molecule has 0 aliphatic rings. The van der Waals surface area contributed by atoms with Crippen molar-refractivity contribution in [2.24, 2.45) is 0 Å². The van der Waals surface area contributed by atoms with E-state index in [1.54, 1.807) is 0 Å². The summed E-state index contributed by atoms with van der Waals surface area (Å²) in [6, 6.07) is 0. The van der Waals surface area contributed by atoms with Gasteiger partial charge in [-0.3, -0.25) is 0 Å². The van der Waals surface area contributed by atoms with Crippen LogP contribution < -0.4 is 10.2 Å². The van der Waals surface area contributed by atoms with E-state index in [1.807, 2.05) is 0 Å². The first-order valence-electron chi connectivity index (χ1n) is 6.59. The van der Waals surface area contributed by atoms with E-state index in [1.165, 1.54) is 0 Å². The van der Waals surface area contributed by atoms with Crippen LogP contribution in [0, 0.1) is 0 Å². The molecule has 0 fully saturated rings. The van der Waals surface area contributed by atoms with Gasteiger partial charge in [0.05, 0.1) is 50.6 Å². The largest absolute Gasteiger partial charge is 2.00 e. The number of aliphatic hydroxyl groups is 8. The van der Waals surface area contributed by atoms with Crippen molar-refractivity contribution in [2.45, 2.75) is 36.3 Å². The van der Waals surface area contributed by atoms with Gasteiger partial charge >= 0.3 is 37.7 Å². The van der Waals surface area contributed by atoms with Gasteiger partial charge in [-0.2, -0.15) is 0 Å². The summed E-state index contributed by atoms with van der Waals surface area (Å²) in [4.78, 5) is 20.4. The fourth-order valence-corrected chi connectivity index (χ4v) is 1.33. The fourth-order valence-electron chi connectivity index (χ4n) is 1.33. The van der Waals surface area contributed by atoms with E-state index in [0.29, 0.717) is 0 Å². The standard InChI is InChI=1S/2C6H12O6.Ca/c2*7-2-4(9)1-6(12,3-8)5(10)11;/h2*4,7-9,12H,1-3H2,(H,10,11);/q;;+2/p-2/t2*4-,6-;/m00./s1. The molecule has 0 bridgehead atoms. The second-order valence-electron chi connectivity index (χ2n) is 5.04. The molecule has 0 aliphatic carbocycles. The van der Waals surface area contributed by atoms with Crippen molar-refractivity contribution < 1.29 is 60.7 Å². The SMILES string of the molecule is O=C([O-])[C@@](O)(CO)C[C@H](O)CO.O=C([O-])[C@@](O)(CO)C[C@H](O)CO.[Ca+2]. The van der Waals surface area contributed by atoms with E-state index in [0.717, 1.165) is 0 Å². The van der Waals surface area contributed by atoms with Crippen molar-refractivity contribution in [3.8, 4) is 0 Å². The predicted octanol–water partition coefficient (Wildman–Crippen LogP) is -7.97. The maximum absolute atomic E-state index is 10.2. The fraction of sp³-hybridized carbons (Fsp3) is 0.833. The number of aliphatic carboxylic acids is 2. The van der Waals surface area contributed by atoms with Crippen LogP contribution in [0.2, 0.25) is 0 Å². The molecule has 0 heterocycles. The Kier molecular flexibility index (Phi) is 16.6. The first-order valence-corrected chi connectivity index (χ1v) is 6.59. The molecule has 0 saturated carbocycles. The molecular formula is C12H22CaO12. The Labute approximate surface area is 172 Å². The molecular weight excluding hydrogens is 376 g/mol. The van der Waals surface area contributed by atoms with Gasteiger partial charge in [-0.15, -0.1) is 0 Å². The Balaban J connectivity index is -0.000000372. The van der Waals surface area contributed by atoms with Crippen molar-refractivity contribution in [3.05, 3.63) is 0 Å². The first-order chi connectivity index (χ1) is 10.9. The number of carbonyl (C=O) groups is 2. The van der Waals surface area contributed by atoms with Crippen LogP contribution in [0.1, 0.15) is 12.8 Å². The number of hydrogen-bond donors (Lipinski definition) is 8. The van der Waals surface area contributed by atoms with E-state index in [9.17, 15) is 19.8 Å². The zero-order valence-electron chi connectivity index (χ0n) is 13.3. The monoisotopic (exact) mass is 398 g/mol. The van der Waals surface area contributed by atoms with Gasteiger partial charge < -0.3 is 60.7 Å². The van der Waals surface area contributed by atoms with Gasteiger partial charge in [0.25, 0.3) is 0 Å². The number of aliphatic hydroxyl groups excluding tert-OH is 6. The summed E-state index contributed by atoms with van der Waals surface area (Å²) in [7, 11) is 0. The quantitative estimate of drug-likeness (QED) is 0.160. The number of hydrogen-bond acceptors (Lipinski definition) is 12. The van der Waals surface area contributed by atoms with Crippen LogP contribution in [0.3, 0.4) is 0 Å². The molecule has 0 aromatic heterocycles. The van der Waals surface area contributed by atoms with Gasteiger partial charge in [-0.25, -0.2) is 0 Å². The first kappa shape index (κ1) is 29.6. The molecule has 0 spiro atoms. The van der Waals surface area contributed by atoms with E-state index in [2.05, 4.69) is 0 Å². The summed E-state index contributed by atoms with van der Waals surface area (Å²) in [6.07, 6.45) is -4.11. The van der Waals surface area contributed by atoms with Crippen molar-refractivity contribution in [1.29, 1.82) is 0 Å². The zero-order chi connectivity index (χ0) is 19.6. The summed E-state index contributed by atoms with van der Waals surface area (Å²) < 4.78 is 0. The molecule has 144 valence electrons. The summed E-state index contributed by atoms with van der Waals surface area (Å²) in [5.41, 5.74) is -4.97. The van der Waals surface area contributed by atoms with Crippen LogP contribution in [0.5, 0.6) is 0 Å². The van der Waals surface area contributed by atoms with Gasteiger partial charge in [0.1, 0.15) is 11.2 Å². The van der Waals surface area contributed by atoms with Crippen molar-refractivity contribution in [1.82, 2.24) is 0 Å². The Morgan fingerprint density at radius 3 is 1.12 bits per heavy atom. The summed E-state index contributed by atoms with van der Waals surface area (Å²) in [6.45, 7) is -3.50. The third kappa shape index (κ3) is 11.2. The van der Waals surface area contributed by atoms with Crippen LogP contribution in [-0.2, 0) is 9.59 Å². The minimum Gasteiger partial charge on any atom is -0.547 e.